The molecule has 11 aromatic rings. The zero-order valence-electron chi connectivity index (χ0n) is 78.0. The predicted molar refractivity (Wildman–Crippen MR) is 509 cm³/mol. The largest absolute Gasteiger partial charge is 0.489 e. The van der Waals surface area contributed by atoms with Crippen molar-refractivity contribution in [3.63, 3.8) is 0 Å². The van der Waals surface area contributed by atoms with Gasteiger partial charge in [0.1, 0.15) is 80.4 Å². The molecule has 20 rings (SSSR count). The molecule has 40 heteroatoms. The van der Waals surface area contributed by atoms with E-state index in [2.05, 4.69) is 24.9 Å². The number of likely N-dealkylation sites (tertiary alicyclic amines) is 3. The van der Waals surface area contributed by atoms with Crippen molar-refractivity contribution in [3.05, 3.63) is 263 Å². The SMILES string of the molecule is CC(=O)N1CC[C@@H](Oc2cncc(C3COc4c(cccc4C(N)=O)O3)c2)C1.CC(=O)N1CC[C@H](Oc2cncc(C3COc4c(cccc4C(N)=O)O3)c2)C1.CC(C)C(=O)N1CCC(Oc2cncc(C3COc4c(cccc4C(N)=O)O3)c2)CC1.NC(=O)c1cccc2c1OCC(c1cncc(-c3ccc(S(N)(=O)=O)cc3)c1)O2.NC(=O)c1cccc2c1OCC(c1cncc(OC3CCOCC3)c1)O2. The quantitative estimate of drug-likeness (QED) is 0.0389. The van der Waals surface area contributed by atoms with Crippen molar-refractivity contribution in [2.24, 2.45) is 39.7 Å². The number of rotatable bonds is 21. The molecule has 39 nitrogen and oxygen atoms in total. The maximum atomic E-state index is 12.2. The van der Waals surface area contributed by atoms with Gasteiger partial charge in [-0.3, -0.25) is 63.3 Å². The van der Waals surface area contributed by atoms with E-state index in [1.807, 2.05) is 49.1 Å². The summed E-state index contributed by atoms with van der Waals surface area (Å²) in [6, 6.07) is 40.8. The Hall–Kier alpha value is -16.1. The van der Waals surface area contributed by atoms with Crippen molar-refractivity contribution in [1.29, 1.82) is 0 Å². The van der Waals surface area contributed by atoms with E-state index >= 15 is 0 Å². The highest BCUT2D eigenvalue weighted by Crippen LogP contribution is 2.46. The van der Waals surface area contributed by atoms with Crippen LogP contribution in [0, 0.1) is 5.92 Å². The second-order valence-electron chi connectivity index (χ2n) is 34.7. The molecule has 14 heterocycles. The average molecular weight is 1960 g/mol. The lowest BCUT2D eigenvalue weighted by molar-refractivity contribution is -0.136. The number of amides is 8. The van der Waals surface area contributed by atoms with Crippen LogP contribution >= 0.6 is 0 Å². The Morgan fingerprint density at radius 2 is 0.620 bits per heavy atom. The third-order valence-corrected chi connectivity index (χ3v) is 25.3. The number of hydrogen-bond donors (Lipinski definition) is 6. The minimum atomic E-state index is -3.75. The summed E-state index contributed by atoms with van der Waals surface area (Å²) < 4.78 is 111. The van der Waals surface area contributed by atoms with E-state index in [0.717, 1.165) is 90.7 Å². The monoisotopic (exact) mass is 1960 g/mol. The lowest BCUT2D eigenvalue weighted by Crippen LogP contribution is -2.43. The van der Waals surface area contributed by atoms with Crippen LogP contribution in [0.3, 0.4) is 0 Å². The number of primary amides is 5. The van der Waals surface area contributed by atoms with Crippen LogP contribution < -0.4 is 100 Å². The van der Waals surface area contributed by atoms with Gasteiger partial charge in [-0.25, -0.2) is 13.6 Å². The summed E-state index contributed by atoms with van der Waals surface area (Å²) in [4.78, 5) is 120. The van der Waals surface area contributed by atoms with Gasteiger partial charge in [0.25, 0.3) is 29.5 Å². The Bertz CT molecular complexity index is 6460. The van der Waals surface area contributed by atoms with Gasteiger partial charge in [-0.15, -0.1) is 0 Å². The number of nitrogens with two attached hydrogens (primary N) is 6. The van der Waals surface area contributed by atoms with Crippen molar-refractivity contribution < 1.29 is 118 Å². The summed E-state index contributed by atoms with van der Waals surface area (Å²) >= 11 is 0. The van der Waals surface area contributed by atoms with Crippen molar-refractivity contribution in [1.82, 2.24) is 39.6 Å². The third kappa shape index (κ3) is 24.4. The van der Waals surface area contributed by atoms with Gasteiger partial charge in [0.2, 0.25) is 27.7 Å². The number of carbonyl (C=O) groups is 8. The molecule has 7 atom stereocenters. The molecule has 0 bridgehead atoms. The molecular weight excluding hydrogens is 1850 g/mol. The number of sulfonamides is 1. The van der Waals surface area contributed by atoms with E-state index in [-0.39, 0.29) is 116 Å². The van der Waals surface area contributed by atoms with Crippen LogP contribution in [0.1, 0.15) is 176 Å². The highest BCUT2D eigenvalue weighted by molar-refractivity contribution is 7.89. The average Bonchev–Trinajstić information content (AvgIpc) is 0.954. The number of pyridine rings is 5. The van der Waals surface area contributed by atoms with Gasteiger partial charge in [-0.2, -0.15) is 0 Å². The lowest BCUT2D eigenvalue weighted by atomic mass is 10.0. The number of aromatic nitrogens is 5. The number of nitrogens with zero attached hydrogens (tertiary/aromatic N) is 8. The van der Waals surface area contributed by atoms with Crippen LogP contribution in [0.25, 0.3) is 11.1 Å². The van der Waals surface area contributed by atoms with E-state index in [9.17, 15) is 46.8 Å². The molecule has 9 aliphatic heterocycles. The number of fused-ring (bicyclic) bond motifs is 5. The van der Waals surface area contributed by atoms with E-state index in [1.54, 1.807) is 189 Å². The maximum Gasteiger partial charge on any atom is 0.252 e. The fourth-order valence-electron chi connectivity index (χ4n) is 17.0. The molecule has 5 aromatic heterocycles. The van der Waals surface area contributed by atoms with Gasteiger partial charge >= 0.3 is 0 Å². The molecule has 0 spiro atoms. The molecule has 740 valence electrons. The number of piperidine rings is 1. The van der Waals surface area contributed by atoms with Crippen LogP contribution in [0.2, 0.25) is 0 Å². The zero-order valence-corrected chi connectivity index (χ0v) is 78.8. The number of hydrogen-bond acceptors (Lipinski definition) is 30. The van der Waals surface area contributed by atoms with Gasteiger partial charge in [0.05, 0.1) is 83.8 Å². The zero-order chi connectivity index (χ0) is 99.8. The Labute approximate surface area is 816 Å². The normalized spacial score (nSPS) is 19.1. The lowest BCUT2D eigenvalue weighted by Gasteiger charge is -2.33. The minimum Gasteiger partial charge on any atom is -0.489 e. The Kier molecular flexibility index (Phi) is 31.2. The highest BCUT2D eigenvalue weighted by Gasteiger charge is 2.37. The third-order valence-electron chi connectivity index (χ3n) is 24.3. The smallest absolute Gasteiger partial charge is 0.252 e. The molecule has 8 amide bonds. The van der Waals surface area contributed by atoms with E-state index in [0.29, 0.717) is 142 Å². The van der Waals surface area contributed by atoms with Crippen LogP contribution in [-0.2, 0) is 29.1 Å². The molecule has 9 aliphatic rings. The van der Waals surface area contributed by atoms with E-state index < -0.39 is 45.7 Å². The minimum absolute atomic E-state index is 0.0141. The van der Waals surface area contributed by atoms with Gasteiger partial charge in [0.15, 0.2) is 88.0 Å². The summed E-state index contributed by atoms with van der Waals surface area (Å²) in [5.74, 6) is 4.24. The molecule has 0 saturated carbocycles. The molecule has 12 N–H and O–H groups in total. The molecule has 0 radical (unpaired) electrons. The summed E-state index contributed by atoms with van der Waals surface area (Å²) in [5, 5.41) is 5.14. The Balaban J connectivity index is 0.000000128. The van der Waals surface area contributed by atoms with Crippen LogP contribution in [-0.4, -0.2) is 205 Å². The molecule has 142 heavy (non-hydrogen) atoms. The Morgan fingerprint density at radius 1 is 0.345 bits per heavy atom. The van der Waals surface area contributed by atoms with Gasteiger partial charge in [0, 0.05) is 155 Å². The predicted octanol–water partition coefficient (Wildman–Crippen LogP) is 10.4. The summed E-state index contributed by atoms with van der Waals surface area (Å²) in [6.45, 7) is 13.5. The first kappa shape index (κ1) is 98.9. The number of carbonyl (C=O) groups excluding carboxylic acids is 8. The summed E-state index contributed by atoms with van der Waals surface area (Å²) in [6.07, 6.45) is 19.9. The van der Waals surface area contributed by atoms with E-state index in [4.69, 9.17) is 105 Å². The second-order valence-corrected chi connectivity index (χ2v) is 36.2. The first-order valence-electron chi connectivity index (χ1n) is 46.0. The Morgan fingerprint density at radius 3 is 0.901 bits per heavy atom. The summed E-state index contributed by atoms with van der Waals surface area (Å²) in [5.41, 5.74) is 34.0. The molecule has 5 unspecified atom stereocenters. The summed E-state index contributed by atoms with van der Waals surface area (Å²) in [7, 11) is -3.75. The number of benzene rings is 6. The maximum absolute atomic E-state index is 12.2. The fourth-order valence-corrected chi connectivity index (χ4v) is 17.5. The second kappa shape index (κ2) is 44.8. The van der Waals surface area contributed by atoms with Crippen LogP contribution in [0.15, 0.2) is 212 Å². The molecule has 4 saturated heterocycles. The molecular formula is C102H106N14O25S. The van der Waals surface area contributed by atoms with Gasteiger partial charge in [-0.1, -0.05) is 56.3 Å². The van der Waals surface area contributed by atoms with Gasteiger partial charge in [-0.05, 0) is 109 Å². The van der Waals surface area contributed by atoms with Crippen molar-refractivity contribution in [3.8, 4) is 91.6 Å². The molecule has 6 aromatic carbocycles. The molecule has 4 fully saturated rings. The number of primary sulfonamides is 1. The first-order valence-corrected chi connectivity index (χ1v) is 47.6. The highest BCUT2D eigenvalue weighted by atomic mass is 32.2. The first-order chi connectivity index (χ1) is 68.5. The van der Waals surface area contributed by atoms with Gasteiger partial charge < -0.3 is 114 Å². The molecule has 0 aliphatic carbocycles. The van der Waals surface area contributed by atoms with Crippen molar-refractivity contribution in [2.45, 2.75) is 126 Å². The fraction of sp³-hybridized carbons (Fsp3) is 0.324. The van der Waals surface area contributed by atoms with E-state index in [1.165, 1.54) is 12.1 Å². The van der Waals surface area contributed by atoms with Crippen LogP contribution in [0.5, 0.6) is 80.5 Å². The topological polar surface area (TPSA) is 539 Å². The van der Waals surface area contributed by atoms with Crippen molar-refractivity contribution >= 4 is 57.3 Å². The standard InChI is InChI=1S/C23H27N3O5.C20H17N3O5S.2C20H21N3O5.C19H20N2O5/c1-14(2)23(28)26-8-6-16(7-9-26)30-17-10-15(11-25-12-17)20-13-29-21-18(22(24)27)4-3-5-19(21)31-20;21-20(24)16-2-1-3-17-19(16)27-11-18(28-17)14-8-13(9-23-10-14)12-4-6-15(7-5-12)29(22,25)26;2*1-12(24)23-6-5-14(10-23)27-15-7-13(8-22-9-15)18-11-26-19-16(20(21)25)3-2-4-17(19)28-18;20-19(22)15-2-1-3-16-18(15)24-11-17(26-16)12-8-14(10-21-9-12)25-13-4-6-23-7-5-13/h3-5,10-12,14,16,20H,6-9,13H2,1-2H3,(H2,24,27);1-10,18H,11H2,(H2,21,24)(H2,22,25,26);2*2-4,7-9,14,18H,5-6,10-11H2,1H3,(H2,21,25);1-3,8-10,13,17H,4-7,11H2,(H2,20,22)/t;;2*14-,18?;/m..10./s1. The van der Waals surface area contributed by atoms with Crippen molar-refractivity contribution in [2.75, 3.05) is 85.5 Å². The number of ether oxygens (including phenoxy) is 15. The van der Waals surface area contributed by atoms with Crippen LogP contribution in [0.4, 0.5) is 0 Å². The number of para-hydroxylation sites is 5.